The number of benzene rings is 1. The third kappa shape index (κ3) is 4.97. The number of nitriles is 1. The molecule has 0 spiro atoms. The van der Waals surface area contributed by atoms with Crippen molar-refractivity contribution in [1.29, 1.82) is 5.26 Å². The van der Waals surface area contributed by atoms with Crippen molar-refractivity contribution < 1.29 is 14.5 Å². The Labute approximate surface area is 222 Å². The van der Waals surface area contributed by atoms with E-state index in [-0.39, 0.29) is 29.6 Å². The number of likely N-dealkylation sites (tertiary alicyclic amines) is 1. The summed E-state index contributed by atoms with van der Waals surface area (Å²) in [6.07, 6.45) is 9.83. The first-order valence-electron chi connectivity index (χ1n) is 13.8. The molecule has 0 radical (unpaired) electrons. The molecule has 1 amide bonds. The largest absolute Gasteiger partial charge is 0.439 e. The Hall–Kier alpha value is -3.51. The van der Waals surface area contributed by atoms with Crippen LogP contribution in [-0.4, -0.2) is 45.4 Å². The van der Waals surface area contributed by atoms with Crippen molar-refractivity contribution in [3.8, 4) is 17.7 Å². The first-order valence-corrected chi connectivity index (χ1v) is 13.8. The van der Waals surface area contributed by atoms with Crippen molar-refractivity contribution in [2.45, 2.75) is 69.5 Å². The monoisotopic (exact) mass is 515 g/mol. The number of aromatic nitrogens is 1. The number of amides is 1. The predicted molar refractivity (Wildman–Crippen MR) is 139 cm³/mol. The van der Waals surface area contributed by atoms with Gasteiger partial charge in [0.05, 0.1) is 17.0 Å². The summed E-state index contributed by atoms with van der Waals surface area (Å²) in [6, 6.07) is 12.4. The third-order valence-corrected chi connectivity index (χ3v) is 9.12. The Kier molecular flexibility index (Phi) is 6.75. The minimum absolute atomic E-state index is 0.0401. The molecule has 1 aromatic carbocycles. The first-order chi connectivity index (χ1) is 18.5. The van der Waals surface area contributed by atoms with E-state index >= 15 is 0 Å². The number of hydrogen-bond donors (Lipinski definition) is 1. The van der Waals surface area contributed by atoms with Crippen LogP contribution in [0.25, 0.3) is 0 Å². The van der Waals surface area contributed by atoms with Crippen molar-refractivity contribution in [3.05, 3.63) is 58.3 Å². The lowest BCUT2D eigenvalue weighted by Gasteiger charge is -2.55. The fourth-order valence-corrected chi connectivity index (χ4v) is 7.60. The van der Waals surface area contributed by atoms with E-state index in [2.05, 4.69) is 16.4 Å². The average Bonchev–Trinajstić information content (AvgIpc) is 3.39. The first kappa shape index (κ1) is 24.8. The highest BCUT2D eigenvalue weighted by atomic mass is 16.6. The third-order valence-electron chi connectivity index (χ3n) is 9.12. The molecule has 9 nitrogen and oxygen atoms in total. The Bertz CT molecular complexity index is 1200. The molecule has 198 valence electrons. The van der Waals surface area contributed by atoms with Gasteiger partial charge in [-0.25, -0.2) is 4.98 Å². The molecule has 1 aliphatic heterocycles. The number of nitrogens with one attached hydrogen (secondary N) is 1. The molecule has 1 unspecified atom stereocenters. The van der Waals surface area contributed by atoms with E-state index < -0.39 is 4.92 Å². The second-order valence-electron chi connectivity index (χ2n) is 11.6. The normalized spacial score (nSPS) is 30.1. The quantitative estimate of drug-likeness (QED) is 0.402. The molecule has 7 rings (SSSR count). The number of hydrogen-bond acceptors (Lipinski definition) is 7. The molecule has 38 heavy (non-hydrogen) atoms. The van der Waals surface area contributed by atoms with Crippen LogP contribution in [-0.2, 0) is 11.2 Å². The van der Waals surface area contributed by atoms with Gasteiger partial charge in [0.15, 0.2) is 0 Å². The van der Waals surface area contributed by atoms with Crippen LogP contribution in [0.4, 0.5) is 5.69 Å². The zero-order chi connectivity index (χ0) is 26.2. The Balaban J connectivity index is 1.17. The van der Waals surface area contributed by atoms with Crippen LogP contribution in [0.5, 0.6) is 11.6 Å². The SMILES string of the molecule is N#CC1CCCN1C(=O)[C@H](Cc1ccc(Oc2ccc([N+](=O)[O-])cn2)cc1)NC1C2CC3CC(C2)CC1C3. The minimum Gasteiger partial charge on any atom is -0.439 e. The number of carbonyl (C=O) groups is 1. The van der Waals surface area contributed by atoms with Gasteiger partial charge in [-0.3, -0.25) is 14.9 Å². The maximum absolute atomic E-state index is 13.8. The van der Waals surface area contributed by atoms with E-state index in [0.717, 1.165) is 30.2 Å². The van der Waals surface area contributed by atoms with Gasteiger partial charge in [0.2, 0.25) is 11.8 Å². The highest BCUT2D eigenvalue weighted by Gasteiger charge is 2.49. The molecular formula is C29H33N5O4. The Morgan fingerprint density at radius 1 is 1.13 bits per heavy atom. The highest BCUT2D eigenvalue weighted by molar-refractivity contribution is 5.83. The van der Waals surface area contributed by atoms with E-state index in [1.165, 1.54) is 50.4 Å². The molecule has 1 N–H and O–H groups in total. The topological polar surface area (TPSA) is 121 Å². The van der Waals surface area contributed by atoms with Crippen molar-refractivity contribution in [2.75, 3.05) is 6.54 Å². The van der Waals surface area contributed by atoms with Crippen LogP contribution in [0.15, 0.2) is 42.6 Å². The summed E-state index contributed by atoms with van der Waals surface area (Å²) in [6.45, 7) is 0.645. The number of nitro groups is 1. The van der Waals surface area contributed by atoms with Gasteiger partial charge in [-0.1, -0.05) is 12.1 Å². The number of nitrogens with zero attached hydrogens (tertiary/aromatic N) is 4. The highest BCUT2D eigenvalue weighted by Crippen LogP contribution is 2.53. The lowest BCUT2D eigenvalue weighted by molar-refractivity contribution is -0.385. The number of pyridine rings is 1. The molecule has 2 atom stereocenters. The van der Waals surface area contributed by atoms with E-state index in [0.29, 0.717) is 36.6 Å². The fourth-order valence-electron chi connectivity index (χ4n) is 7.60. The zero-order valence-corrected chi connectivity index (χ0v) is 21.4. The van der Waals surface area contributed by atoms with Crippen molar-refractivity contribution in [1.82, 2.24) is 15.2 Å². The summed E-state index contributed by atoms with van der Waals surface area (Å²) in [5.41, 5.74) is 0.920. The second kappa shape index (κ2) is 10.3. The zero-order valence-electron chi connectivity index (χ0n) is 21.4. The van der Waals surface area contributed by atoms with Crippen molar-refractivity contribution in [3.63, 3.8) is 0 Å². The average molecular weight is 516 g/mol. The molecule has 2 aromatic rings. The van der Waals surface area contributed by atoms with Gasteiger partial charge in [0, 0.05) is 24.7 Å². The molecule has 4 bridgehead atoms. The lowest BCUT2D eigenvalue weighted by Crippen LogP contribution is -2.60. The van der Waals surface area contributed by atoms with Gasteiger partial charge in [0.1, 0.15) is 18.0 Å². The van der Waals surface area contributed by atoms with Gasteiger partial charge in [-0.2, -0.15) is 5.26 Å². The molecule has 4 aliphatic carbocycles. The summed E-state index contributed by atoms with van der Waals surface area (Å²) in [5, 5.41) is 24.3. The van der Waals surface area contributed by atoms with E-state index in [1.807, 2.05) is 24.3 Å². The van der Waals surface area contributed by atoms with Crippen molar-refractivity contribution >= 4 is 11.6 Å². The molecule has 9 heteroatoms. The number of carbonyl (C=O) groups excluding carboxylic acids is 1. The Morgan fingerprint density at radius 3 is 2.45 bits per heavy atom. The maximum Gasteiger partial charge on any atom is 0.287 e. The molecule has 2 heterocycles. The fraction of sp³-hybridized carbons (Fsp3) is 0.552. The predicted octanol–water partition coefficient (Wildman–Crippen LogP) is 4.62. The minimum atomic E-state index is -0.499. The molecule has 1 saturated heterocycles. The molecule has 1 aromatic heterocycles. The standard InChI is InChI=1S/C29H33N5O4/c30-16-23-2-1-9-33(23)29(35)26(32-28-21-11-19-10-20(13-21)14-22(28)12-19)15-18-3-6-25(7-4-18)38-27-8-5-24(17-31-27)34(36)37/h3-8,17,19-23,26,28,32H,1-2,9-15H2/t19?,20?,21?,22?,23?,26-,28?/m0/s1. The molecule has 5 aliphatic rings. The molecule has 5 fully saturated rings. The van der Waals surface area contributed by atoms with E-state index in [1.54, 1.807) is 4.90 Å². The summed E-state index contributed by atoms with van der Waals surface area (Å²) in [7, 11) is 0. The van der Waals surface area contributed by atoms with Gasteiger partial charge >= 0.3 is 0 Å². The van der Waals surface area contributed by atoms with Crippen LogP contribution < -0.4 is 10.1 Å². The van der Waals surface area contributed by atoms with Crippen molar-refractivity contribution in [2.24, 2.45) is 23.7 Å². The van der Waals surface area contributed by atoms with Crippen LogP contribution in [0, 0.1) is 45.1 Å². The second-order valence-corrected chi connectivity index (χ2v) is 11.6. The smallest absolute Gasteiger partial charge is 0.287 e. The maximum atomic E-state index is 13.8. The van der Waals surface area contributed by atoms with E-state index in [9.17, 15) is 20.2 Å². The van der Waals surface area contributed by atoms with E-state index in [4.69, 9.17) is 4.74 Å². The Morgan fingerprint density at radius 2 is 1.84 bits per heavy atom. The van der Waals surface area contributed by atoms with Gasteiger partial charge < -0.3 is 15.0 Å². The van der Waals surface area contributed by atoms with Crippen LogP contribution in [0.1, 0.15) is 50.5 Å². The van der Waals surface area contributed by atoms with Gasteiger partial charge in [-0.05, 0) is 92.7 Å². The molecular weight excluding hydrogens is 482 g/mol. The van der Waals surface area contributed by atoms with Crippen LogP contribution in [0.2, 0.25) is 0 Å². The van der Waals surface area contributed by atoms with Gasteiger partial charge in [-0.15, -0.1) is 0 Å². The number of ether oxygens (including phenoxy) is 1. The lowest BCUT2D eigenvalue weighted by atomic mass is 9.54. The van der Waals surface area contributed by atoms with Crippen LogP contribution in [0.3, 0.4) is 0 Å². The number of rotatable bonds is 8. The summed E-state index contributed by atoms with van der Waals surface area (Å²) in [4.78, 5) is 29.9. The molecule has 4 saturated carbocycles. The van der Waals surface area contributed by atoms with Gasteiger partial charge in [0.25, 0.3) is 5.69 Å². The van der Waals surface area contributed by atoms with Crippen LogP contribution >= 0.6 is 0 Å². The summed E-state index contributed by atoms with van der Waals surface area (Å²) < 4.78 is 5.76. The summed E-state index contributed by atoms with van der Waals surface area (Å²) in [5.74, 6) is 3.91. The summed E-state index contributed by atoms with van der Waals surface area (Å²) >= 11 is 0.